The number of carboxylic acid groups (broad SMARTS) is 1. The maximum absolute atomic E-state index is 13.2. The second kappa shape index (κ2) is 16.0. The highest BCUT2D eigenvalue weighted by Crippen LogP contribution is 2.25. The fourth-order valence-corrected chi connectivity index (χ4v) is 5.10. The molecule has 1 aliphatic rings. The van der Waals surface area contributed by atoms with Gasteiger partial charge >= 0.3 is 12.1 Å². The number of nitrogens with one attached hydrogen (secondary N) is 2. The van der Waals surface area contributed by atoms with Crippen molar-refractivity contribution in [2.45, 2.75) is 91.3 Å². The van der Waals surface area contributed by atoms with E-state index in [1.807, 2.05) is 38.1 Å². The van der Waals surface area contributed by atoms with E-state index in [9.17, 15) is 24.3 Å². The quantitative estimate of drug-likeness (QED) is 0.296. The zero-order valence-corrected chi connectivity index (χ0v) is 25.8. The van der Waals surface area contributed by atoms with E-state index in [-0.39, 0.29) is 17.4 Å². The Labute approximate surface area is 248 Å². The number of likely N-dealkylation sites (tertiary alicyclic amines) is 1. The second-order valence-corrected chi connectivity index (χ2v) is 11.8. The number of rotatable bonds is 11. The van der Waals surface area contributed by atoms with Gasteiger partial charge in [0, 0.05) is 18.1 Å². The van der Waals surface area contributed by atoms with Crippen molar-refractivity contribution in [3.63, 3.8) is 0 Å². The van der Waals surface area contributed by atoms with Crippen molar-refractivity contribution in [2.75, 3.05) is 13.2 Å². The first-order valence-electron chi connectivity index (χ1n) is 14.7. The van der Waals surface area contributed by atoms with Crippen LogP contribution in [-0.4, -0.2) is 63.8 Å². The minimum Gasteiger partial charge on any atom is -0.492 e. The summed E-state index contributed by atoms with van der Waals surface area (Å²) >= 11 is 0. The third-order valence-electron chi connectivity index (χ3n) is 7.04. The number of pyridine rings is 1. The lowest BCUT2D eigenvalue weighted by Crippen LogP contribution is -2.55. The molecule has 1 aromatic carbocycles. The molecule has 232 valence electrons. The Balaban J connectivity index is 0.000000363. The lowest BCUT2D eigenvalue weighted by atomic mass is 9.88. The molecule has 0 aliphatic carbocycles. The first-order chi connectivity index (χ1) is 19.8. The Hall–Kier alpha value is -3.82. The van der Waals surface area contributed by atoms with Crippen LogP contribution in [0.4, 0.5) is 4.79 Å². The van der Waals surface area contributed by atoms with Gasteiger partial charge in [-0.2, -0.15) is 0 Å². The summed E-state index contributed by atoms with van der Waals surface area (Å²) in [6.07, 6.45) is 6.45. The number of carboxylic acids is 1. The molecule has 3 rings (SSSR count). The highest BCUT2D eigenvalue weighted by Gasteiger charge is 2.40. The predicted octanol–water partition coefficient (Wildman–Crippen LogP) is 5.51. The molecule has 2 amide bonds. The number of aromatic amines is 1. The molecule has 1 aliphatic heterocycles. The molecule has 4 unspecified atom stereocenters. The maximum atomic E-state index is 13.2. The Bertz CT molecular complexity index is 1270. The van der Waals surface area contributed by atoms with Gasteiger partial charge in [0.05, 0.1) is 12.0 Å². The fourth-order valence-electron chi connectivity index (χ4n) is 5.10. The van der Waals surface area contributed by atoms with E-state index in [2.05, 4.69) is 23.8 Å². The molecule has 0 spiro atoms. The molecular weight excluding hydrogens is 538 g/mol. The van der Waals surface area contributed by atoms with E-state index in [1.54, 1.807) is 33.0 Å². The van der Waals surface area contributed by atoms with Gasteiger partial charge in [-0.3, -0.25) is 9.59 Å². The summed E-state index contributed by atoms with van der Waals surface area (Å²) in [6.45, 7) is 15.9. The van der Waals surface area contributed by atoms with Crippen LogP contribution in [0.25, 0.3) is 10.8 Å². The number of fused-ring (bicyclic) bond motifs is 1. The number of benzene rings is 1. The van der Waals surface area contributed by atoms with Crippen molar-refractivity contribution in [1.29, 1.82) is 0 Å². The lowest BCUT2D eigenvalue weighted by Gasteiger charge is -2.32. The normalized spacial score (nSPS) is 16.9. The highest BCUT2D eigenvalue weighted by atomic mass is 16.6. The second-order valence-electron chi connectivity index (χ2n) is 11.8. The van der Waals surface area contributed by atoms with E-state index in [4.69, 9.17) is 9.47 Å². The average Bonchev–Trinajstić information content (AvgIpc) is 3.42. The van der Waals surface area contributed by atoms with Gasteiger partial charge in [0.1, 0.15) is 23.4 Å². The molecule has 4 atom stereocenters. The number of allylic oxidation sites excluding steroid dienone is 1. The predicted molar refractivity (Wildman–Crippen MR) is 164 cm³/mol. The topological polar surface area (TPSA) is 138 Å². The van der Waals surface area contributed by atoms with E-state index in [1.165, 1.54) is 4.90 Å². The first kappa shape index (κ1) is 34.4. The van der Waals surface area contributed by atoms with Crippen molar-refractivity contribution < 1.29 is 29.0 Å². The summed E-state index contributed by atoms with van der Waals surface area (Å²) in [5.41, 5.74) is -0.765. The summed E-state index contributed by atoms with van der Waals surface area (Å²) in [5, 5.41) is 13.6. The van der Waals surface area contributed by atoms with Gasteiger partial charge < -0.3 is 29.8 Å². The number of aliphatic carboxylic acids is 1. The molecule has 0 saturated carbocycles. The van der Waals surface area contributed by atoms with Crippen molar-refractivity contribution in [1.82, 2.24) is 15.2 Å². The zero-order chi connectivity index (χ0) is 31.4. The standard InChI is InChI=1S/C21H36N2O5.C11H11NO2/c1-7-8-10-14(2)13-15(3)17(22-20(27)28-21(4,5)6)18(24)23-12-9-11-16(23)19(25)26;1-2-14-10-7-12-11(13)9-6-4-3-5-8(9)10/h7,14-17H,1,8-13H2,2-6H3,(H,22,27)(H,25,26);3-7H,2H2,1H3,(H,12,13). The first-order valence-corrected chi connectivity index (χ1v) is 14.7. The van der Waals surface area contributed by atoms with Gasteiger partial charge in [-0.15, -0.1) is 6.58 Å². The number of hydrogen-bond donors (Lipinski definition) is 3. The van der Waals surface area contributed by atoms with Crippen molar-refractivity contribution in [3.8, 4) is 5.75 Å². The number of amides is 2. The Kier molecular flexibility index (Phi) is 13.1. The van der Waals surface area contributed by atoms with Gasteiger partial charge in [-0.05, 0) is 77.7 Å². The van der Waals surface area contributed by atoms with Crippen LogP contribution in [0, 0.1) is 11.8 Å². The van der Waals surface area contributed by atoms with Crippen molar-refractivity contribution in [3.05, 3.63) is 53.5 Å². The SMILES string of the molecule is C=CCCC(C)CC(C)C(NC(=O)OC(C)(C)C)C(=O)N1CCCC1C(=O)O.CCOc1c[nH]c(=O)c2ccccc12. The summed E-state index contributed by atoms with van der Waals surface area (Å²) in [5.74, 6) is -0.441. The van der Waals surface area contributed by atoms with Crippen LogP contribution in [0.2, 0.25) is 0 Å². The van der Waals surface area contributed by atoms with Gasteiger partial charge in [0.25, 0.3) is 5.56 Å². The van der Waals surface area contributed by atoms with Crippen LogP contribution < -0.4 is 15.6 Å². The number of carbonyl (C=O) groups is 3. The highest BCUT2D eigenvalue weighted by molar-refractivity contribution is 5.90. The van der Waals surface area contributed by atoms with Crippen LogP contribution in [0.5, 0.6) is 5.75 Å². The summed E-state index contributed by atoms with van der Waals surface area (Å²) in [4.78, 5) is 52.5. The Morgan fingerprint density at radius 2 is 1.88 bits per heavy atom. The molecule has 2 aromatic rings. The molecule has 1 fully saturated rings. The van der Waals surface area contributed by atoms with Gasteiger partial charge in [-0.1, -0.05) is 38.1 Å². The number of hydrogen-bond acceptors (Lipinski definition) is 6. The molecule has 2 heterocycles. The molecule has 1 saturated heterocycles. The zero-order valence-electron chi connectivity index (χ0n) is 25.8. The minimum atomic E-state index is -1.01. The number of aromatic nitrogens is 1. The molecule has 3 N–H and O–H groups in total. The minimum absolute atomic E-state index is 0.0796. The third kappa shape index (κ3) is 10.2. The molecular formula is C32H47N3O7. The van der Waals surface area contributed by atoms with E-state index in [0.29, 0.717) is 37.3 Å². The Morgan fingerprint density at radius 3 is 2.48 bits per heavy atom. The van der Waals surface area contributed by atoms with Crippen LogP contribution in [0.1, 0.15) is 73.6 Å². The van der Waals surface area contributed by atoms with Crippen LogP contribution in [0.3, 0.4) is 0 Å². The van der Waals surface area contributed by atoms with Gasteiger partial charge in [-0.25, -0.2) is 9.59 Å². The summed E-state index contributed by atoms with van der Waals surface area (Å²) in [6, 6.07) is 5.76. The summed E-state index contributed by atoms with van der Waals surface area (Å²) in [7, 11) is 0. The maximum Gasteiger partial charge on any atom is 0.408 e. The lowest BCUT2D eigenvalue weighted by molar-refractivity contribution is -0.149. The number of alkyl carbamates (subject to hydrolysis) is 1. The number of nitrogens with zero attached hydrogens (tertiary/aromatic N) is 1. The monoisotopic (exact) mass is 585 g/mol. The fraction of sp³-hybridized carbons (Fsp3) is 0.562. The van der Waals surface area contributed by atoms with E-state index in [0.717, 1.165) is 30.4 Å². The number of carbonyl (C=O) groups excluding carboxylic acids is 2. The molecule has 42 heavy (non-hydrogen) atoms. The number of H-pyrrole nitrogens is 1. The van der Waals surface area contributed by atoms with Gasteiger partial charge in [0.2, 0.25) is 5.91 Å². The van der Waals surface area contributed by atoms with E-state index < -0.39 is 29.7 Å². The van der Waals surface area contributed by atoms with Crippen molar-refractivity contribution in [2.24, 2.45) is 11.8 Å². The average molecular weight is 586 g/mol. The van der Waals surface area contributed by atoms with E-state index >= 15 is 0 Å². The molecule has 1 aromatic heterocycles. The summed E-state index contributed by atoms with van der Waals surface area (Å²) < 4.78 is 10.7. The van der Waals surface area contributed by atoms with Gasteiger partial charge in [0.15, 0.2) is 0 Å². The smallest absolute Gasteiger partial charge is 0.408 e. The van der Waals surface area contributed by atoms with Crippen LogP contribution >= 0.6 is 0 Å². The number of ether oxygens (including phenoxy) is 2. The Morgan fingerprint density at radius 1 is 1.21 bits per heavy atom. The molecule has 0 radical (unpaired) electrons. The largest absolute Gasteiger partial charge is 0.492 e. The molecule has 10 heteroatoms. The van der Waals surface area contributed by atoms with Crippen LogP contribution in [-0.2, 0) is 14.3 Å². The molecule has 0 bridgehead atoms. The van der Waals surface area contributed by atoms with Crippen LogP contribution in [0.15, 0.2) is 47.9 Å². The third-order valence-corrected chi connectivity index (χ3v) is 7.04. The molecule has 10 nitrogen and oxygen atoms in total. The van der Waals surface area contributed by atoms with Crippen molar-refractivity contribution >= 4 is 28.7 Å².